The molecule has 1 aliphatic rings. The fourth-order valence-corrected chi connectivity index (χ4v) is 2.98. The molecule has 150 valence electrons. The number of phenolic OH excluding ortho intramolecular Hbond substituents is 2. The maximum Gasteiger partial charge on any atom is 0.510 e. The van der Waals surface area contributed by atoms with Gasteiger partial charge in [-0.15, -0.1) is 0 Å². The third kappa shape index (κ3) is 5.03. The van der Waals surface area contributed by atoms with Gasteiger partial charge in [0.1, 0.15) is 6.10 Å². The van der Waals surface area contributed by atoms with E-state index < -0.39 is 23.8 Å². The Labute approximate surface area is 158 Å². The van der Waals surface area contributed by atoms with Crippen LogP contribution in [0.2, 0.25) is 0 Å². The van der Waals surface area contributed by atoms with Crippen molar-refractivity contribution >= 4 is 12.1 Å². The number of carbonyl (C=O) groups excluding carboxylic acids is 2. The third-order valence-electron chi connectivity index (χ3n) is 4.72. The molecule has 0 saturated heterocycles. The highest BCUT2D eigenvalue weighted by Gasteiger charge is 2.47. The van der Waals surface area contributed by atoms with Crippen LogP contribution in [0.5, 0.6) is 11.5 Å². The Morgan fingerprint density at radius 3 is 2.52 bits per heavy atom. The second-order valence-corrected chi connectivity index (χ2v) is 6.78. The Balaban J connectivity index is 2.23. The molecule has 0 amide bonds. The topological polar surface area (TPSA) is 128 Å². The fraction of sp³-hybridized carbons (Fsp3) is 0.579. The molecule has 1 aromatic rings. The second-order valence-electron chi connectivity index (χ2n) is 6.78. The summed E-state index contributed by atoms with van der Waals surface area (Å²) in [5, 5.41) is 19.2. The molecule has 1 aliphatic carbocycles. The van der Waals surface area contributed by atoms with E-state index in [9.17, 15) is 19.8 Å². The van der Waals surface area contributed by atoms with Gasteiger partial charge in [0.15, 0.2) is 11.5 Å². The lowest BCUT2D eigenvalue weighted by Crippen LogP contribution is -2.56. The first-order valence-electron chi connectivity index (χ1n) is 9.15. The summed E-state index contributed by atoms with van der Waals surface area (Å²) >= 11 is 0. The first-order valence-corrected chi connectivity index (χ1v) is 9.15. The van der Waals surface area contributed by atoms with Gasteiger partial charge in [0.2, 0.25) is 0 Å². The predicted octanol–water partition coefficient (Wildman–Crippen LogP) is 2.91. The fourth-order valence-electron chi connectivity index (χ4n) is 2.98. The van der Waals surface area contributed by atoms with E-state index in [1.54, 1.807) is 6.92 Å². The molecule has 2 rings (SSSR count). The van der Waals surface area contributed by atoms with Crippen molar-refractivity contribution in [3.8, 4) is 11.5 Å². The van der Waals surface area contributed by atoms with Crippen LogP contribution < -0.4 is 5.73 Å². The lowest BCUT2D eigenvalue weighted by Gasteiger charge is -2.32. The van der Waals surface area contributed by atoms with Crippen LogP contribution in [-0.2, 0) is 19.0 Å². The van der Waals surface area contributed by atoms with Gasteiger partial charge in [0, 0.05) is 5.92 Å². The van der Waals surface area contributed by atoms with Crippen molar-refractivity contribution in [2.24, 2.45) is 5.73 Å². The van der Waals surface area contributed by atoms with Gasteiger partial charge in [-0.2, -0.15) is 0 Å². The molecule has 1 unspecified atom stereocenters. The molecule has 27 heavy (non-hydrogen) atoms. The van der Waals surface area contributed by atoms with Crippen LogP contribution in [0.3, 0.4) is 0 Å². The smallest absolute Gasteiger partial charge is 0.504 e. The van der Waals surface area contributed by atoms with Gasteiger partial charge in [-0.25, -0.2) is 9.59 Å². The maximum absolute atomic E-state index is 12.6. The number of benzene rings is 1. The molecule has 0 heterocycles. The summed E-state index contributed by atoms with van der Waals surface area (Å²) in [6, 6.07) is 3.98. The number of aromatic hydroxyl groups is 2. The second kappa shape index (κ2) is 8.94. The summed E-state index contributed by atoms with van der Waals surface area (Å²) < 4.78 is 15.6. The minimum atomic E-state index is -2.14. The SMILES string of the molecule is CCCOC(=O)[C@](N)(OC(=O)OC1CCCC1)C(C)c1ccc(O)c(O)c1. The summed E-state index contributed by atoms with van der Waals surface area (Å²) in [6.07, 6.45) is 2.71. The van der Waals surface area contributed by atoms with Gasteiger partial charge in [0.25, 0.3) is 5.72 Å². The van der Waals surface area contributed by atoms with E-state index in [1.807, 2.05) is 6.92 Å². The van der Waals surface area contributed by atoms with Gasteiger partial charge in [-0.3, -0.25) is 5.73 Å². The highest BCUT2D eigenvalue weighted by molar-refractivity contribution is 5.83. The number of phenols is 2. The molecule has 1 saturated carbocycles. The minimum absolute atomic E-state index is 0.117. The van der Waals surface area contributed by atoms with Crippen molar-refractivity contribution in [3.05, 3.63) is 23.8 Å². The molecule has 0 aromatic heterocycles. The van der Waals surface area contributed by atoms with Crippen LogP contribution in [0, 0.1) is 0 Å². The van der Waals surface area contributed by atoms with Gasteiger partial charge >= 0.3 is 12.1 Å². The Bertz CT molecular complexity index is 672. The summed E-state index contributed by atoms with van der Waals surface area (Å²) in [4.78, 5) is 24.8. The normalized spacial score (nSPS) is 17.7. The molecule has 2 atom stereocenters. The van der Waals surface area contributed by atoms with Crippen LogP contribution in [-0.4, -0.2) is 40.8 Å². The first-order chi connectivity index (χ1) is 12.8. The van der Waals surface area contributed by atoms with Gasteiger partial charge in [-0.1, -0.05) is 19.9 Å². The number of esters is 1. The van der Waals surface area contributed by atoms with E-state index in [4.69, 9.17) is 19.9 Å². The number of rotatable bonds is 7. The zero-order chi connectivity index (χ0) is 20.0. The maximum atomic E-state index is 12.6. The monoisotopic (exact) mass is 381 g/mol. The van der Waals surface area contributed by atoms with E-state index in [-0.39, 0.29) is 24.2 Å². The minimum Gasteiger partial charge on any atom is -0.504 e. The van der Waals surface area contributed by atoms with Crippen LogP contribution in [0.1, 0.15) is 57.4 Å². The summed E-state index contributed by atoms with van der Waals surface area (Å²) in [7, 11) is 0. The summed E-state index contributed by atoms with van der Waals surface area (Å²) in [5.41, 5.74) is 4.42. The van der Waals surface area contributed by atoms with Crippen molar-refractivity contribution in [2.75, 3.05) is 6.61 Å². The van der Waals surface area contributed by atoms with E-state index in [0.717, 1.165) is 25.7 Å². The third-order valence-corrected chi connectivity index (χ3v) is 4.72. The molecule has 1 fully saturated rings. The van der Waals surface area contributed by atoms with E-state index in [0.29, 0.717) is 12.0 Å². The molecule has 0 spiro atoms. The Morgan fingerprint density at radius 1 is 1.26 bits per heavy atom. The molecule has 0 bridgehead atoms. The van der Waals surface area contributed by atoms with Gasteiger partial charge < -0.3 is 24.4 Å². The lowest BCUT2D eigenvalue weighted by atomic mass is 9.90. The van der Waals surface area contributed by atoms with Crippen molar-refractivity contribution < 1.29 is 34.0 Å². The number of nitrogens with two attached hydrogens (primary N) is 1. The van der Waals surface area contributed by atoms with Gasteiger partial charge in [0.05, 0.1) is 6.61 Å². The quantitative estimate of drug-likeness (QED) is 0.374. The average Bonchev–Trinajstić information content (AvgIpc) is 3.13. The predicted molar refractivity (Wildman–Crippen MR) is 96.2 cm³/mol. The van der Waals surface area contributed by atoms with E-state index >= 15 is 0 Å². The lowest BCUT2D eigenvalue weighted by molar-refractivity contribution is -0.171. The first kappa shape index (κ1) is 20.8. The van der Waals surface area contributed by atoms with Crippen LogP contribution in [0.4, 0.5) is 4.79 Å². The Kier molecular flexibility index (Phi) is 6.90. The summed E-state index contributed by atoms with van der Waals surface area (Å²) in [6.45, 7) is 3.50. The average molecular weight is 381 g/mol. The van der Waals surface area contributed by atoms with Crippen LogP contribution in [0.25, 0.3) is 0 Å². The van der Waals surface area contributed by atoms with E-state index in [2.05, 4.69) is 0 Å². The largest absolute Gasteiger partial charge is 0.510 e. The Hall–Kier alpha value is -2.48. The van der Waals surface area contributed by atoms with Crippen molar-refractivity contribution in [3.63, 3.8) is 0 Å². The molecule has 0 radical (unpaired) electrons. The number of carbonyl (C=O) groups is 2. The molecule has 1 aromatic carbocycles. The zero-order valence-electron chi connectivity index (χ0n) is 15.6. The number of ether oxygens (including phenoxy) is 3. The van der Waals surface area contributed by atoms with Crippen LogP contribution >= 0.6 is 0 Å². The molecular formula is C19H27NO7. The highest BCUT2D eigenvalue weighted by Crippen LogP contribution is 2.34. The standard InChI is InChI=1S/C19H27NO7/c1-3-10-25-17(23)19(20,27-18(24)26-14-6-4-5-7-14)12(2)13-8-9-15(21)16(22)11-13/h8-9,11-12,14,21-22H,3-7,10,20H2,1-2H3/t12?,19-/m1/s1. The highest BCUT2D eigenvalue weighted by atomic mass is 16.7. The summed E-state index contributed by atoms with van der Waals surface area (Å²) in [5.74, 6) is -2.47. The van der Waals surface area contributed by atoms with E-state index in [1.165, 1.54) is 18.2 Å². The Morgan fingerprint density at radius 2 is 1.93 bits per heavy atom. The zero-order valence-corrected chi connectivity index (χ0v) is 15.6. The van der Waals surface area contributed by atoms with Crippen molar-refractivity contribution in [1.82, 2.24) is 0 Å². The molecule has 0 aliphatic heterocycles. The van der Waals surface area contributed by atoms with Crippen molar-refractivity contribution in [2.45, 2.75) is 63.7 Å². The van der Waals surface area contributed by atoms with Crippen molar-refractivity contribution in [1.29, 1.82) is 0 Å². The van der Waals surface area contributed by atoms with Gasteiger partial charge in [-0.05, 0) is 49.8 Å². The molecule has 8 heteroatoms. The number of hydrogen-bond acceptors (Lipinski definition) is 8. The molecular weight excluding hydrogens is 354 g/mol. The van der Waals surface area contributed by atoms with Crippen LogP contribution in [0.15, 0.2) is 18.2 Å². The number of hydrogen-bond donors (Lipinski definition) is 3. The molecule has 4 N–H and O–H groups in total. The molecule has 8 nitrogen and oxygen atoms in total.